The quantitative estimate of drug-likeness (QED) is 0.744. The monoisotopic (exact) mass is 436 g/mol. The number of hydrogen-bond donors (Lipinski definition) is 1. The second-order valence-electron chi connectivity index (χ2n) is 9.97. The third-order valence-corrected chi connectivity index (χ3v) is 8.02. The molecule has 31 heavy (non-hydrogen) atoms. The molecular weight excluding hydrogens is 409 g/mol. The fraction of sp³-hybridized carbons (Fsp3) is 0.652. The van der Waals surface area contributed by atoms with Crippen LogP contribution in [0, 0.1) is 11.3 Å². The van der Waals surface area contributed by atoms with Crippen LogP contribution in [0.3, 0.4) is 0 Å². The molecule has 0 aromatic heterocycles. The normalized spacial score (nSPS) is 32.1. The zero-order chi connectivity index (χ0) is 21.9. The first kappa shape index (κ1) is 20.6. The van der Waals surface area contributed by atoms with Crippen LogP contribution in [0.2, 0.25) is 0 Å². The van der Waals surface area contributed by atoms with E-state index in [4.69, 9.17) is 4.74 Å². The van der Waals surface area contributed by atoms with Crippen molar-refractivity contribution in [2.45, 2.75) is 62.6 Å². The minimum Gasteiger partial charge on any atom is -0.447 e. The summed E-state index contributed by atoms with van der Waals surface area (Å²) in [5.41, 5.74) is 0.244. The summed E-state index contributed by atoms with van der Waals surface area (Å²) >= 11 is 0. The molecule has 1 aromatic rings. The highest BCUT2D eigenvalue weighted by atomic mass is 19.4. The molecule has 1 N–H and O–H groups in total. The SMILES string of the molecule is O=C1NC2(CO1)CC(C(=O)N1CCC3(CCC(c4ccc(C(F)(F)F)cc4)C3)CC1)C2. The van der Waals surface area contributed by atoms with E-state index in [0.29, 0.717) is 25.4 Å². The summed E-state index contributed by atoms with van der Waals surface area (Å²) in [5, 5.41) is 2.83. The molecule has 8 heteroatoms. The first-order chi connectivity index (χ1) is 14.7. The molecule has 2 heterocycles. The van der Waals surface area contributed by atoms with Gasteiger partial charge in [-0.2, -0.15) is 13.2 Å². The number of alkyl halides is 3. The lowest BCUT2D eigenvalue weighted by Gasteiger charge is -2.46. The number of ether oxygens (including phenoxy) is 1. The summed E-state index contributed by atoms with van der Waals surface area (Å²) in [6, 6.07) is 5.63. The van der Waals surface area contributed by atoms with E-state index in [1.165, 1.54) is 12.1 Å². The molecule has 1 aromatic carbocycles. The van der Waals surface area contributed by atoms with E-state index in [1.807, 2.05) is 4.90 Å². The van der Waals surface area contributed by atoms with E-state index < -0.39 is 17.8 Å². The molecule has 2 aliphatic carbocycles. The fourth-order valence-corrected chi connectivity index (χ4v) is 6.12. The van der Waals surface area contributed by atoms with Crippen molar-refractivity contribution >= 4 is 12.0 Å². The molecule has 5 rings (SSSR count). The maximum Gasteiger partial charge on any atom is 0.416 e. The number of benzene rings is 1. The van der Waals surface area contributed by atoms with Gasteiger partial charge in [0.05, 0.1) is 11.1 Å². The number of rotatable bonds is 2. The summed E-state index contributed by atoms with van der Waals surface area (Å²) in [5.74, 6) is 0.431. The number of carbonyl (C=O) groups is 2. The van der Waals surface area contributed by atoms with E-state index in [2.05, 4.69) is 5.32 Å². The van der Waals surface area contributed by atoms with Gasteiger partial charge in [0.25, 0.3) is 0 Å². The van der Waals surface area contributed by atoms with Gasteiger partial charge in [-0.1, -0.05) is 12.1 Å². The Bertz CT molecular complexity index is 869. The molecule has 168 valence electrons. The molecule has 2 aliphatic heterocycles. The van der Waals surface area contributed by atoms with Crippen LogP contribution in [0.4, 0.5) is 18.0 Å². The molecule has 4 aliphatic rings. The fourth-order valence-electron chi connectivity index (χ4n) is 6.12. The van der Waals surface area contributed by atoms with Crippen LogP contribution in [0.25, 0.3) is 0 Å². The minimum absolute atomic E-state index is 0.0421. The minimum atomic E-state index is -4.30. The van der Waals surface area contributed by atoms with Gasteiger partial charge in [-0.15, -0.1) is 0 Å². The molecule has 0 radical (unpaired) electrons. The molecule has 2 saturated heterocycles. The van der Waals surface area contributed by atoms with Gasteiger partial charge >= 0.3 is 12.3 Å². The molecule has 2 saturated carbocycles. The standard InChI is InChI=1S/C23H27F3N2O3/c24-23(25,26)18-3-1-15(2-4-18)16-5-6-21(11-16)7-9-28(10-8-21)19(29)17-12-22(13-17)14-31-20(30)27-22/h1-4,16-17H,5-14H2,(H,27,30). The van der Waals surface area contributed by atoms with Crippen molar-refractivity contribution in [2.75, 3.05) is 19.7 Å². The number of carbonyl (C=O) groups excluding carboxylic acids is 2. The first-order valence-electron chi connectivity index (χ1n) is 11.1. The summed E-state index contributed by atoms with van der Waals surface area (Å²) in [7, 11) is 0. The van der Waals surface area contributed by atoms with Crippen LogP contribution in [0.15, 0.2) is 24.3 Å². The number of cyclic esters (lactones) is 1. The Morgan fingerprint density at radius 1 is 1.06 bits per heavy atom. The van der Waals surface area contributed by atoms with Gasteiger partial charge in [0.2, 0.25) is 5.91 Å². The summed E-state index contributed by atoms with van der Waals surface area (Å²) < 4.78 is 43.4. The Hall–Kier alpha value is -2.25. The number of amides is 2. The molecule has 2 amide bonds. The number of hydrogen-bond acceptors (Lipinski definition) is 3. The highest BCUT2D eigenvalue weighted by molar-refractivity contribution is 5.81. The van der Waals surface area contributed by atoms with Gasteiger partial charge in [-0.25, -0.2) is 4.79 Å². The highest BCUT2D eigenvalue weighted by Gasteiger charge is 2.54. The summed E-state index contributed by atoms with van der Waals surface area (Å²) in [6.07, 6.45) is 1.54. The molecule has 1 unspecified atom stereocenters. The maximum atomic E-state index is 12.9. The van der Waals surface area contributed by atoms with Crippen LogP contribution >= 0.6 is 0 Å². The summed E-state index contributed by atoms with van der Waals surface area (Å²) in [6.45, 7) is 1.83. The Morgan fingerprint density at radius 3 is 2.32 bits per heavy atom. The smallest absolute Gasteiger partial charge is 0.416 e. The zero-order valence-electron chi connectivity index (χ0n) is 17.3. The van der Waals surface area contributed by atoms with Crippen molar-refractivity contribution < 1.29 is 27.5 Å². The lowest BCUT2D eigenvalue weighted by molar-refractivity contribution is -0.143. The predicted molar refractivity (Wildman–Crippen MR) is 106 cm³/mol. The van der Waals surface area contributed by atoms with Gasteiger partial charge < -0.3 is 15.0 Å². The highest BCUT2D eigenvalue weighted by Crippen LogP contribution is 2.53. The predicted octanol–water partition coefficient (Wildman–Crippen LogP) is 4.47. The molecule has 0 bridgehead atoms. The van der Waals surface area contributed by atoms with Crippen molar-refractivity contribution in [3.8, 4) is 0 Å². The van der Waals surface area contributed by atoms with Crippen LogP contribution in [0.5, 0.6) is 0 Å². The summed E-state index contributed by atoms with van der Waals surface area (Å²) in [4.78, 5) is 26.1. The largest absolute Gasteiger partial charge is 0.447 e. The zero-order valence-corrected chi connectivity index (χ0v) is 17.3. The lowest BCUT2D eigenvalue weighted by Crippen LogP contribution is -2.59. The van der Waals surface area contributed by atoms with Gasteiger partial charge in [-0.3, -0.25) is 4.79 Å². The average molecular weight is 436 g/mol. The Kier molecular flexibility index (Phi) is 4.75. The van der Waals surface area contributed by atoms with Gasteiger partial charge in [-0.05, 0) is 74.0 Å². The van der Waals surface area contributed by atoms with Crippen LogP contribution in [-0.4, -0.2) is 42.1 Å². The van der Waals surface area contributed by atoms with E-state index >= 15 is 0 Å². The number of nitrogens with zero attached hydrogens (tertiary/aromatic N) is 1. The molecular formula is C23H27F3N2O3. The Morgan fingerprint density at radius 2 is 1.74 bits per heavy atom. The second-order valence-corrected chi connectivity index (χ2v) is 9.97. The third kappa shape index (κ3) is 3.78. The van der Waals surface area contributed by atoms with Crippen LogP contribution < -0.4 is 5.32 Å². The van der Waals surface area contributed by atoms with E-state index in [0.717, 1.165) is 50.8 Å². The van der Waals surface area contributed by atoms with Gasteiger partial charge in [0, 0.05) is 19.0 Å². The first-order valence-corrected chi connectivity index (χ1v) is 11.1. The molecule has 5 nitrogen and oxygen atoms in total. The van der Waals surface area contributed by atoms with Gasteiger partial charge in [0.1, 0.15) is 6.61 Å². The second kappa shape index (κ2) is 7.14. The average Bonchev–Trinajstić information content (AvgIpc) is 3.31. The Balaban J connectivity index is 1.14. The van der Waals surface area contributed by atoms with Crippen LogP contribution in [-0.2, 0) is 15.7 Å². The van der Waals surface area contributed by atoms with Crippen molar-refractivity contribution in [3.63, 3.8) is 0 Å². The topological polar surface area (TPSA) is 58.6 Å². The molecule has 2 spiro atoms. The third-order valence-electron chi connectivity index (χ3n) is 8.02. The number of alkyl carbamates (subject to hydrolysis) is 1. The molecule has 1 atom stereocenters. The van der Waals surface area contributed by atoms with Crippen molar-refractivity contribution in [2.24, 2.45) is 11.3 Å². The van der Waals surface area contributed by atoms with E-state index in [-0.39, 0.29) is 22.8 Å². The van der Waals surface area contributed by atoms with E-state index in [9.17, 15) is 22.8 Å². The van der Waals surface area contributed by atoms with Crippen LogP contribution in [0.1, 0.15) is 62.0 Å². The van der Waals surface area contributed by atoms with Gasteiger partial charge in [0.15, 0.2) is 0 Å². The van der Waals surface area contributed by atoms with E-state index in [1.54, 1.807) is 12.1 Å². The number of halogens is 3. The Labute approximate surface area is 179 Å². The van der Waals surface area contributed by atoms with Crippen molar-refractivity contribution in [1.82, 2.24) is 10.2 Å². The number of likely N-dealkylation sites (tertiary alicyclic amines) is 1. The van der Waals surface area contributed by atoms with Crippen molar-refractivity contribution in [1.29, 1.82) is 0 Å². The lowest BCUT2D eigenvalue weighted by atomic mass is 9.68. The maximum absolute atomic E-state index is 12.9. The number of piperidine rings is 1. The number of nitrogens with one attached hydrogen (secondary N) is 1. The molecule has 4 fully saturated rings. The van der Waals surface area contributed by atoms with Crippen molar-refractivity contribution in [3.05, 3.63) is 35.4 Å².